The van der Waals surface area contributed by atoms with Crippen molar-refractivity contribution in [3.8, 4) is 16.8 Å². The largest absolute Gasteiger partial charge is 0.383 e. The summed E-state index contributed by atoms with van der Waals surface area (Å²) >= 11 is 0. The van der Waals surface area contributed by atoms with E-state index in [2.05, 4.69) is 5.10 Å². The predicted octanol–water partition coefficient (Wildman–Crippen LogP) is 3.42. The number of aromatic nitrogens is 2. The molecule has 2 aromatic carbocycles. The minimum absolute atomic E-state index is 0. The molecule has 152 valence electrons. The van der Waals surface area contributed by atoms with Gasteiger partial charge in [-0.15, -0.1) is 12.4 Å². The van der Waals surface area contributed by atoms with Gasteiger partial charge in [-0.05, 0) is 49.6 Å². The van der Waals surface area contributed by atoms with Crippen LogP contribution in [0.5, 0.6) is 0 Å². The second-order valence-corrected chi connectivity index (χ2v) is 7.30. The zero-order valence-electron chi connectivity index (χ0n) is 16.4. The number of para-hydroxylation sites is 1. The Kier molecular flexibility index (Phi) is 6.25. The van der Waals surface area contributed by atoms with Gasteiger partial charge in [-0.3, -0.25) is 4.79 Å². The lowest BCUT2D eigenvalue weighted by Crippen LogP contribution is -2.42. The number of benzene rings is 2. The van der Waals surface area contributed by atoms with E-state index >= 15 is 0 Å². The van der Waals surface area contributed by atoms with E-state index in [4.69, 9.17) is 11.5 Å². The number of hydrogen-bond donors (Lipinski definition) is 2. The summed E-state index contributed by atoms with van der Waals surface area (Å²) in [5.41, 5.74) is 16.7. The van der Waals surface area contributed by atoms with Crippen molar-refractivity contribution in [2.75, 3.05) is 18.8 Å². The fourth-order valence-electron chi connectivity index (χ4n) is 3.73. The van der Waals surface area contributed by atoms with Crippen molar-refractivity contribution in [1.82, 2.24) is 14.7 Å². The number of piperidine rings is 1. The van der Waals surface area contributed by atoms with E-state index in [1.54, 1.807) is 4.68 Å². The number of carbonyl (C=O) groups is 1. The smallest absolute Gasteiger partial charge is 0.253 e. The van der Waals surface area contributed by atoms with Gasteiger partial charge in [-0.2, -0.15) is 5.10 Å². The molecule has 0 unspecified atom stereocenters. The Morgan fingerprint density at radius 1 is 1.03 bits per heavy atom. The third-order valence-corrected chi connectivity index (χ3v) is 5.34. The minimum atomic E-state index is 0. The molecule has 7 heteroatoms. The van der Waals surface area contributed by atoms with Crippen molar-refractivity contribution in [3.05, 3.63) is 65.9 Å². The Balaban J connectivity index is 0.00000240. The number of amides is 1. The summed E-state index contributed by atoms with van der Waals surface area (Å²) in [6, 6.07) is 17.6. The third-order valence-electron chi connectivity index (χ3n) is 5.34. The van der Waals surface area contributed by atoms with Gasteiger partial charge in [0.05, 0.1) is 11.4 Å². The molecule has 29 heavy (non-hydrogen) atoms. The number of anilines is 1. The molecule has 0 atom stereocenters. The molecule has 0 bridgehead atoms. The normalized spacial score (nSPS) is 14.5. The second kappa shape index (κ2) is 8.68. The highest BCUT2D eigenvalue weighted by Gasteiger charge is 2.22. The highest BCUT2D eigenvalue weighted by atomic mass is 35.5. The number of hydrogen-bond acceptors (Lipinski definition) is 4. The van der Waals surface area contributed by atoms with E-state index < -0.39 is 0 Å². The van der Waals surface area contributed by atoms with E-state index in [0.717, 1.165) is 48.4 Å². The summed E-state index contributed by atoms with van der Waals surface area (Å²) in [5.74, 6) is 0.649. The van der Waals surface area contributed by atoms with Crippen LogP contribution in [0.4, 0.5) is 5.82 Å². The van der Waals surface area contributed by atoms with E-state index in [-0.39, 0.29) is 24.4 Å². The van der Waals surface area contributed by atoms with E-state index in [1.165, 1.54) is 0 Å². The Hall–Kier alpha value is -2.83. The van der Waals surface area contributed by atoms with Crippen LogP contribution in [0, 0.1) is 6.92 Å². The third kappa shape index (κ3) is 4.13. The monoisotopic (exact) mass is 411 g/mol. The lowest BCUT2D eigenvalue weighted by molar-refractivity contribution is 0.0715. The first-order valence-electron chi connectivity index (χ1n) is 9.60. The number of rotatable bonds is 3. The van der Waals surface area contributed by atoms with Crippen molar-refractivity contribution < 1.29 is 4.79 Å². The summed E-state index contributed by atoms with van der Waals surface area (Å²) in [4.78, 5) is 14.6. The SMILES string of the molecule is Cc1nn(-c2ccccc2)c(N)c1-c1ccc(C(=O)N2CCC(N)CC2)cc1.Cl. The topological polar surface area (TPSA) is 90.2 Å². The van der Waals surface area contributed by atoms with Crippen LogP contribution in [-0.4, -0.2) is 39.7 Å². The van der Waals surface area contributed by atoms with Gasteiger partial charge in [-0.1, -0.05) is 30.3 Å². The summed E-state index contributed by atoms with van der Waals surface area (Å²) in [6.45, 7) is 3.39. The van der Waals surface area contributed by atoms with Crippen LogP contribution >= 0.6 is 12.4 Å². The molecule has 6 nitrogen and oxygen atoms in total. The molecule has 1 aliphatic heterocycles. The van der Waals surface area contributed by atoms with Gasteiger partial charge < -0.3 is 16.4 Å². The molecule has 0 saturated carbocycles. The standard InChI is InChI=1S/C22H25N5O.ClH/c1-15-20(21(24)27(25-15)19-5-3-2-4-6-19)16-7-9-17(10-8-16)22(28)26-13-11-18(23)12-14-26;/h2-10,18H,11-14,23-24H2,1H3;1H. The van der Waals surface area contributed by atoms with Crippen molar-refractivity contribution in [2.45, 2.75) is 25.8 Å². The van der Waals surface area contributed by atoms with Crippen LogP contribution in [0.1, 0.15) is 28.9 Å². The van der Waals surface area contributed by atoms with Crippen LogP contribution in [0.15, 0.2) is 54.6 Å². The molecule has 1 saturated heterocycles. The Morgan fingerprint density at radius 3 is 2.28 bits per heavy atom. The molecule has 1 aromatic heterocycles. The number of aryl methyl sites for hydroxylation is 1. The maximum absolute atomic E-state index is 12.7. The van der Waals surface area contributed by atoms with Crippen molar-refractivity contribution in [2.24, 2.45) is 5.73 Å². The molecular formula is C22H26ClN5O. The Morgan fingerprint density at radius 2 is 1.66 bits per heavy atom. The highest BCUT2D eigenvalue weighted by Crippen LogP contribution is 2.31. The molecule has 3 aromatic rings. The lowest BCUT2D eigenvalue weighted by atomic mass is 10.0. The van der Waals surface area contributed by atoms with Gasteiger partial charge in [-0.25, -0.2) is 4.68 Å². The van der Waals surface area contributed by atoms with Gasteiger partial charge in [0.1, 0.15) is 5.82 Å². The predicted molar refractivity (Wildman–Crippen MR) is 119 cm³/mol. The average Bonchev–Trinajstić information content (AvgIpc) is 3.03. The second-order valence-electron chi connectivity index (χ2n) is 7.30. The lowest BCUT2D eigenvalue weighted by Gasteiger charge is -2.30. The molecule has 1 fully saturated rings. The summed E-state index contributed by atoms with van der Waals surface area (Å²) in [7, 11) is 0. The summed E-state index contributed by atoms with van der Waals surface area (Å²) in [5, 5.41) is 4.60. The van der Waals surface area contributed by atoms with Crippen LogP contribution in [-0.2, 0) is 0 Å². The van der Waals surface area contributed by atoms with Gasteiger partial charge >= 0.3 is 0 Å². The average molecular weight is 412 g/mol. The van der Waals surface area contributed by atoms with E-state index in [1.807, 2.05) is 66.4 Å². The number of halogens is 1. The molecule has 1 amide bonds. The van der Waals surface area contributed by atoms with E-state index in [9.17, 15) is 4.79 Å². The van der Waals surface area contributed by atoms with Crippen LogP contribution in [0.2, 0.25) is 0 Å². The molecular weight excluding hydrogens is 386 g/mol. The van der Waals surface area contributed by atoms with E-state index in [0.29, 0.717) is 11.4 Å². The van der Waals surface area contributed by atoms with Gasteiger partial charge in [0.15, 0.2) is 0 Å². The maximum Gasteiger partial charge on any atom is 0.253 e. The number of nitrogens with two attached hydrogens (primary N) is 2. The first kappa shape index (κ1) is 20.9. The molecule has 4 rings (SSSR count). The first-order chi connectivity index (χ1) is 13.5. The quantitative estimate of drug-likeness (QED) is 0.690. The van der Waals surface area contributed by atoms with Crippen molar-refractivity contribution in [1.29, 1.82) is 0 Å². The fraction of sp³-hybridized carbons (Fsp3) is 0.273. The number of nitrogen functional groups attached to an aromatic ring is 1. The van der Waals surface area contributed by atoms with Gasteiger partial charge in [0, 0.05) is 30.3 Å². The Bertz CT molecular complexity index is 976. The molecule has 0 aliphatic carbocycles. The maximum atomic E-state index is 12.7. The zero-order valence-corrected chi connectivity index (χ0v) is 17.2. The molecule has 0 radical (unpaired) electrons. The van der Waals surface area contributed by atoms with Gasteiger partial charge in [0.2, 0.25) is 0 Å². The van der Waals surface area contributed by atoms with Crippen LogP contribution in [0.25, 0.3) is 16.8 Å². The number of likely N-dealkylation sites (tertiary alicyclic amines) is 1. The van der Waals surface area contributed by atoms with Crippen molar-refractivity contribution >= 4 is 24.1 Å². The summed E-state index contributed by atoms with van der Waals surface area (Å²) < 4.78 is 1.75. The molecule has 4 N–H and O–H groups in total. The number of nitrogens with zero attached hydrogens (tertiary/aromatic N) is 3. The van der Waals surface area contributed by atoms with Crippen LogP contribution < -0.4 is 11.5 Å². The van der Waals surface area contributed by atoms with Crippen molar-refractivity contribution in [3.63, 3.8) is 0 Å². The number of carbonyl (C=O) groups excluding carboxylic acids is 1. The summed E-state index contributed by atoms with van der Waals surface area (Å²) in [6.07, 6.45) is 1.72. The fourth-order valence-corrected chi connectivity index (χ4v) is 3.73. The first-order valence-corrected chi connectivity index (χ1v) is 9.60. The zero-order chi connectivity index (χ0) is 19.7. The molecule has 2 heterocycles. The minimum Gasteiger partial charge on any atom is -0.383 e. The van der Waals surface area contributed by atoms with Crippen LogP contribution in [0.3, 0.4) is 0 Å². The van der Waals surface area contributed by atoms with Gasteiger partial charge in [0.25, 0.3) is 5.91 Å². The molecule has 1 aliphatic rings. The Labute approximate surface area is 176 Å². The highest BCUT2D eigenvalue weighted by molar-refractivity contribution is 5.95. The molecule has 0 spiro atoms.